The van der Waals surface area contributed by atoms with Gasteiger partial charge >= 0.3 is 11.9 Å². The van der Waals surface area contributed by atoms with E-state index in [4.69, 9.17) is 9.47 Å². The van der Waals surface area contributed by atoms with E-state index in [0.29, 0.717) is 24.1 Å². The maximum atomic E-state index is 12.4. The van der Waals surface area contributed by atoms with Crippen molar-refractivity contribution in [2.24, 2.45) is 0 Å². The van der Waals surface area contributed by atoms with E-state index in [9.17, 15) is 9.59 Å². The standard InChI is InChI=1S/C33H66NO4/c1-6-8-10-12-14-16-18-20-22-24-26-28-37-33(36)29-31(30-34(3,4)5)38-32(35)27-25-23-21-19-17-15-13-11-9-7-2/h31H,6-30H2,1-5H3/q+1/t31-/m0/s1. The van der Waals surface area contributed by atoms with Crippen molar-refractivity contribution < 1.29 is 23.5 Å². The van der Waals surface area contributed by atoms with E-state index in [1.54, 1.807) is 0 Å². The average molecular weight is 541 g/mol. The zero-order chi connectivity index (χ0) is 28.3. The highest BCUT2D eigenvalue weighted by atomic mass is 16.6. The van der Waals surface area contributed by atoms with Crippen molar-refractivity contribution in [3.8, 4) is 0 Å². The molecular weight excluding hydrogens is 474 g/mol. The maximum Gasteiger partial charge on any atom is 0.309 e. The van der Waals surface area contributed by atoms with E-state index in [1.165, 1.54) is 109 Å². The molecule has 0 aromatic rings. The molecule has 0 aliphatic heterocycles. The van der Waals surface area contributed by atoms with Crippen LogP contribution in [0.1, 0.15) is 162 Å². The molecule has 226 valence electrons. The second-order valence-electron chi connectivity index (χ2n) is 12.5. The molecule has 5 heteroatoms. The Morgan fingerprint density at radius 3 is 1.37 bits per heavy atom. The van der Waals surface area contributed by atoms with Crippen molar-refractivity contribution in [3.05, 3.63) is 0 Å². The number of esters is 2. The first kappa shape index (κ1) is 36.9. The monoisotopic (exact) mass is 540 g/mol. The van der Waals surface area contributed by atoms with E-state index >= 15 is 0 Å². The minimum atomic E-state index is -0.421. The summed E-state index contributed by atoms with van der Waals surface area (Å²) in [4.78, 5) is 24.9. The molecule has 0 aliphatic carbocycles. The Morgan fingerprint density at radius 1 is 0.553 bits per heavy atom. The Bertz CT molecular complexity index is 544. The summed E-state index contributed by atoms with van der Waals surface area (Å²) in [5.41, 5.74) is 0. The fraction of sp³-hybridized carbons (Fsp3) is 0.939. The van der Waals surface area contributed by atoms with Gasteiger partial charge in [0.25, 0.3) is 0 Å². The zero-order valence-corrected chi connectivity index (χ0v) is 26.3. The number of unbranched alkanes of at least 4 members (excludes halogenated alkanes) is 19. The minimum absolute atomic E-state index is 0.150. The molecule has 1 atom stereocenters. The van der Waals surface area contributed by atoms with Gasteiger partial charge in [0.2, 0.25) is 0 Å². The predicted octanol–water partition coefficient (Wildman–Crippen LogP) is 9.16. The molecule has 0 saturated carbocycles. The number of ether oxygens (including phenoxy) is 2. The molecule has 0 aromatic heterocycles. The van der Waals surface area contributed by atoms with Crippen LogP contribution in [0.5, 0.6) is 0 Å². The summed E-state index contributed by atoms with van der Waals surface area (Å²) in [5.74, 6) is -0.427. The van der Waals surface area contributed by atoms with Crippen LogP contribution in [0.2, 0.25) is 0 Å². The van der Waals surface area contributed by atoms with E-state index in [1.807, 2.05) is 0 Å². The molecule has 0 heterocycles. The number of hydrogen-bond acceptors (Lipinski definition) is 4. The van der Waals surface area contributed by atoms with Gasteiger partial charge in [-0.1, -0.05) is 136 Å². The molecule has 0 aromatic carbocycles. The molecule has 38 heavy (non-hydrogen) atoms. The summed E-state index contributed by atoms with van der Waals surface area (Å²) in [6.45, 7) is 5.59. The van der Waals surface area contributed by atoms with Crippen molar-refractivity contribution in [1.29, 1.82) is 0 Å². The van der Waals surface area contributed by atoms with Crippen LogP contribution in [0.25, 0.3) is 0 Å². The largest absolute Gasteiger partial charge is 0.466 e. The van der Waals surface area contributed by atoms with Crippen LogP contribution in [0.4, 0.5) is 0 Å². The Balaban J connectivity index is 3.95. The second-order valence-corrected chi connectivity index (χ2v) is 12.5. The van der Waals surface area contributed by atoms with E-state index in [0.717, 1.165) is 25.7 Å². The third-order valence-electron chi connectivity index (χ3n) is 7.19. The van der Waals surface area contributed by atoms with Crippen molar-refractivity contribution in [2.45, 2.75) is 168 Å². The Kier molecular flexibility index (Phi) is 25.4. The summed E-state index contributed by atoms with van der Waals surface area (Å²) < 4.78 is 11.9. The predicted molar refractivity (Wildman–Crippen MR) is 161 cm³/mol. The number of carbonyl (C=O) groups excluding carboxylic acids is 2. The molecule has 0 spiro atoms. The highest BCUT2D eigenvalue weighted by Crippen LogP contribution is 2.14. The topological polar surface area (TPSA) is 52.6 Å². The Labute approximate surface area is 237 Å². The van der Waals surface area contributed by atoms with E-state index in [-0.39, 0.29) is 18.4 Å². The molecule has 0 aliphatic rings. The number of likely N-dealkylation sites (N-methyl/N-ethyl adjacent to an activating group) is 1. The molecule has 0 N–H and O–H groups in total. The number of rotatable bonds is 28. The van der Waals surface area contributed by atoms with Gasteiger partial charge in [-0.3, -0.25) is 9.59 Å². The SMILES string of the molecule is CCCCCCCCCCCCCOC(=O)C[C@@H](C[N+](C)(C)C)OC(=O)CCCCCCCCCCCC. The van der Waals surface area contributed by atoms with Gasteiger partial charge in [-0.2, -0.15) is 0 Å². The molecule has 0 rings (SSSR count). The molecule has 0 amide bonds. The smallest absolute Gasteiger partial charge is 0.309 e. The number of carbonyl (C=O) groups is 2. The van der Waals surface area contributed by atoms with E-state index in [2.05, 4.69) is 35.0 Å². The van der Waals surface area contributed by atoms with Crippen LogP contribution in [-0.4, -0.2) is 56.8 Å². The fourth-order valence-corrected chi connectivity index (χ4v) is 4.95. The highest BCUT2D eigenvalue weighted by molar-refractivity contribution is 5.72. The summed E-state index contributed by atoms with van der Waals surface area (Å²) >= 11 is 0. The highest BCUT2D eigenvalue weighted by Gasteiger charge is 2.25. The molecule has 0 saturated heterocycles. The zero-order valence-electron chi connectivity index (χ0n) is 26.3. The maximum absolute atomic E-state index is 12.4. The van der Waals surface area contributed by atoms with Gasteiger partial charge < -0.3 is 14.0 Å². The van der Waals surface area contributed by atoms with Crippen LogP contribution in [0, 0.1) is 0 Å². The first-order valence-electron chi connectivity index (χ1n) is 16.4. The lowest BCUT2D eigenvalue weighted by Gasteiger charge is -2.28. The van der Waals surface area contributed by atoms with Crippen molar-refractivity contribution >= 4 is 11.9 Å². The summed E-state index contributed by atoms with van der Waals surface area (Å²) in [6, 6.07) is 0. The van der Waals surface area contributed by atoms with E-state index < -0.39 is 6.10 Å². The molecule has 0 bridgehead atoms. The van der Waals surface area contributed by atoms with Crippen LogP contribution in [-0.2, 0) is 19.1 Å². The van der Waals surface area contributed by atoms with Crippen molar-refractivity contribution in [2.75, 3.05) is 34.3 Å². The molecule has 0 fully saturated rings. The van der Waals surface area contributed by atoms with Crippen molar-refractivity contribution in [3.63, 3.8) is 0 Å². The number of quaternary nitrogens is 1. The van der Waals surface area contributed by atoms with Crippen LogP contribution >= 0.6 is 0 Å². The third-order valence-corrected chi connectivity index (χ3v) is 7.19. The quantitative estimate of drug-likeness (QED) is 0.0564. The third kappa shape index (κ3) is 27.9. The second kappa shape index (κ2) is 26.1. The van der Waals surface area contributed by atoms with Gasteiger partial charge in [-0.15, -0.1) is 0 Å². The number of hydrogen-bond donors (Lipinski definition) is 0. The normalized spacial score (nSPS) is 12.4. The Hall–Kier alpha value is -1.10. The van der Waals surface area contributed by atoms with Crippen LogP contribution in [0.15, 0.2) is 0 Å². The first-order valence-corrected chi connectivity index (χ1v) is 16.4. The average Bonchev–Trinajstić information content (AvgIpc) is 2.84. The van der Waals surface area contributed by atoms with Gasteiger partial charge in [0.1, 0.15) is 6.54 Å². The lowest BCUT2D eigenvalue weighted by Crippen LogP contribution is -2.44. The van der Waals surface area contributed by atoms with Crippen LogP contribution < -0.4 is 0 Å². The first-order chi connectivity index (χ1) is 18.3. The Morgan fingerprint density at radius 2 is 0.947 bits per heavy atom. The molecule has 5 nitrogen and oxygen atoms in total. The van der Waals surface area contributed by atoms with Crippen LogP contribution in [0.3, 0.4) is 0 Å². The molecule has 0 unspecified atom stereocenters. The van der Waals surface area contributed by atoms with Gasteiger partial charge in [0.15, 0.2) is 6.10 Å². The molecule has 0 radical (unpaired) electrons. The van der Waals surface area contributed by atoms with Gasteiger partial charge in [0, 0.05) is 6.42 Å². The van der Waals surface area contributed by atoms with Gasteiger partial charge in [0.05, 0.1) is 34.2 Å². The summed E-state index contributed by atoms with van der Waals surface area (Å²) in [7, 11) is 6.17. The van der Waals surface area contributed by atoms with Gasteiger partial charge in [-0.05, 0) is 12.8 Å². The lowest BCUT2D eigenvalue weighted by molar-refractivity contribution is -0.873. The molecular formula is C33H66NO4+. The van der Waals surface area contributed by atoms with Crippen molar-refractivity contribution in [1.82, 2.24) is 0 Å². The summed E-state index contributed by atoms with van der Waals surface area (Å²) in [6.07, 6.45) is 26.6. The number of nitrogens with zero attached hydrogens (tertiary/aromatic N) is 1. The summed E-state index contributed by atoms with van der Waals surface area (Å²) in [5, 5.41) is 0. The minimum Gasteiger partial charge on any atom is -0.466 e. The lowest BCUT2D eigenvalue weighted by atomic mass is 10.1. The van der Waals surface area contributed by atoms with Gasteiger partial charge in [-0.25, -0.2) is 0 Å². The fourth-order valence-electron chi connectivity index (χ4n) is 4.95.